The van der Waals surface area contributed by atoms with Crippen LogP contribution < -0.4 is 4.74 Å². The van der Waals surface area contributed by atoms with Gasteiger partial charge in [-0.2, -0.15) is 0 Å². The van der Waals surface area contributed by atoms with Crippen LogP contribution in [0.2, 0.25) is 0 Å². The van der Waals surface area contributed by atoms with Crippen LogP contribution in [-0.2, 0) is 16.0 Å². The maximum atomic E-state index is 11.5. The van der Waals surface area contributed by atoms with Crippen LogP contribution in [0.4, 0.5) is 0 Å². The zero-order valence-electron chi connectivity index (χ0n) is 16.3. The number of hydrogen-bond acceptors (Lipinski definition) is 4. The number of aryl methyl sites for hydroxylation is 1. The van der Waals surface area contributed by atoms with Gasteiger partial charge in [0.05, 0.1) is 12.7 Å². The lowest BCUT2D eigenvalue weighted by Crippen LogP contribution is -2.31. The van der Waals surface area contributed by atoms with Gasteiger partial charge in [0.2, 0.25) is 0 Å². The molecule has 2 rings (SSSR count). The van der Waals surface area contributed by atoms with Crippen molar-refractivity contribution in [3.8, 4) is 11.5 Å². The molecule has 1 aliphatic heterocycles. The summed E-state index contributed by atoms with van der Waals surface area (Å²) in [6.07, 6.45) is 11.6. The Kier molecular flexibility index (Phi) is 6.90. The number of fused-ring (bicyclic) bond motifs is 1. The highest BCUT2D eigenvalue weighted by Gasteiger charge is 2.28. The minimum absolute atomic E-state index is 0.272. The number of unbranched alkanes of at least 4 members (excludes halogenated alkanes) is 2. The van der Waals surface area contributed by atoms with Crippen molar-refractivity contribution in [2.75, 3.05) is 7.11 Å². The highest BCUT2D eigenvalue weighted by molar-refractivity contribution is 5.87. The van der Waals surface area contributed by atoms with Crippen molar-refractivity contribution in [3.05, 3.63) is 41.0 Å². The van der Waals surface area contributed by atoms with E-state index < -0.39 is 5.60 Å². The molecule has 4 heteroatoms. The number of esters is 1. The zero-order valence-corrected chi connectivity index (χ0v) is 16.3. The van der Waals surface area contributed by atoms with Crippen LogP contribution >= 0.6 is 0 Å². The van der Waals surface area contributed by atoms with Crippen molar-refractivity contribution in [1.29, 1.82) is 0 Å². The van der Waals surface area contributed by atoms with Crippen molar-refractivity contribution < 1.29 is 19.4 Å². The second kappa shape index (κ2) is 8.93. The molecular weight excluding hydrogens is 328 g/mol. The Bertz CT molecular complexity index is 702. The molecule has 0 fully saturated rings. The number of phenolic OH excluding ortho intramolecular Hbond substituents is 1. The van der Waals surface area contributed by atoms with Crippen LogP contribution in [0.3, 0.4) is 0 Å². The van der Waals surface area contributed by atoms with Gasteiger partial charge in [-0.25, -0.2) is 4.79 Å². The Balaban J connectivity index is 2.08. The topological polar surface area (TPSA) is 55.8 Å². The summed E-state index contributed by atoms with van der Waals surface area (Å²) < 4.78 is 10.9. The molecule has 142 valence electrons. The smallest absolute Gasteiger partial charge is 0.333 e. The first-order chi connectivity index (χ1) is 12.4. The summed E-state index contributed by atoms with van der Waals surface area (Å²) in [6, 6.07) is 3.88. The first kappa shape index (κ1) is 20.1. The third-order valence-corrected chi connectivity index (χ3v) is 4.79. The zero-order chi connectivity index (χ0) is 19.2. The Labute approximate surface area is 156 Å². The summed E-state index contributed by atoms with van der Waals surface area (Å²) in [7, 11) is 1.38. The summed E-state index contributed by atoms with van der Waals surface area (Å²) in [5, 5.41) is 10.3. The van der Waals surface area contributed by atoms with E-state index in [0.717, 1.165) is 36.1 Å². The second-order valence-electron chi connectivity index (χ2n) is 7.15. The van der Waals surface area contributed by atoms with E-state index in [4.69, 9.17) is 9.47 Å². The van der Waals surface area contributed by atoms with E-state index in [9.17, 15) is 9.90 Å². The van der Waals surface area contributed by atoms with Crippen LogP contribution in [0.15, 0.2) is 29.9 Å². The molecule has 0 amide bonds. The largest absolute Gasteiger partial charge is 0.507 e. The van der Waals surface area contributed by atoms with Gasteiger partial charge in [0.1, 0.15) is 17.1 Å². The lowest BCUT2D eigenvalue weighted by Gasteiger charge is -2.32. The molecule has 1 unspecified atom stereocenters. The van der Waals surface area contributed by atoms with Gasteiger partial charge >= 0.3 is 5.97 Å². The fourth-order valence-corrected chi connectivity index (χ4v) is 3.14. The monoisotopic (exact) mass is 358 g/mol. The molecule has 1 aliphatic rings. The number of methoxy groups -OCH3 is 1. The minimum Gasteiger partial charge on any atom is -0.507 e. The van der Waals surface area contributed by atoms with Crippen LogP contribution in [0.5, 0.6) is 11.5 Å². The van der Waals surface area contributed by atoms with Crippen molar-refractivity contribution in [2.24, 2.45) is 0 Å². The van der Waals surface area contributed by atoms with Crippen LogP contribution in [0.25, 0.3) is 6.08 Å². The predicted octanol–water partition coefficient (Wildman–Crippen LogP) is 5.19. The molecule has 1 heterocycles. The van der Waals surface area contributed by atoms with E-state index in [-0.39, 0.29) is 11.7 Å². The summed E-state index contributed by atoms with van der Waals surface area (Å²) in [5.41, 5.74) is 1.98. The van der Waals surface area contributed by atoms with Crippen LogP contribution in [0, 0.1) is 0 Å². The number of aromatic hydroxyl groups is 1. The van der Waals surface area contributed by atoms with E-state index in [2.05, 4.69) is 6.92 Å². The maximum absolute atomic E-state index is 11.5. The molecule has 0 saturated carbocycles. The van der Waals surface area contributed by atoms with E-state index in [1.807, 2.05) is 37.3 Å². The van der Waals surface area contributed by atoms with Gasteiger partial charge in [0, 0.05) is 5.57 Å². The molecule has 26 heavy (non-hydrogen) atoms. The van der Waals surface area contributed by atoms with Crippen molar-refractivity contribution in [1.82, 2.24) is 0 Å². The normalized spacial score (nSPS) is 19.0. The molecule has 1 aromatic rings. The van der Waals surface area contributed by atoms with Crippen molar-refractivity contribution in [2.45, 2.75) is 64.9 Å². The van der Waals surface area contributed by atoms with Gasteiger partial charge in [-0.3, -0.25) is 0 Å². The van der Waals surface area contributed by atoms with E-state index >= 15 is 0 Å². The predicted molar refractivity (Wildman–Crippen MR) is 104 cm³/mol. The van der Waals surface area contributed by atoms with E-state index in [0.29, 0.717) is 12.0 Å². The first-order valence-electron chi connectivity index (χ1n) is 9.37. The minimum atomic E-state index is -0.464. The van der Waals surface area contributed by atoms with Crippen molar-refractivity contribution >= 4 is 12.0 Å². The number of hydrogen-bond donors (Lipinski definition) is 1. The molecular formula is C22H30O4. The number of ether oxygens (including phenoxy) is 2. The van der Waals surface area contributed by atoms with Crippen molar-refractivity contribution in [3.63, 3.8) is 0 Å². The number of allylic oxidation sites excluding steroid dienone is 1. The number of rotatable bonds is 8. The third kappa shape index (κ3) is 5.13. The molecule has 0 saturated heterocycles. The standard InChI is InChI=1S/C22H30O4/c1-5-6-7-10-17-14-19(23)18-11-13-22(3,26-20(18)15-17)12-8-9-16(2)21(24)25-4/h9,11,13-15,23H,5-8,10,12H2,1-4H3/b16-9+. The fraction of sp³-hybridized carbons (Fsp3) is 0.500. The number of carbonyl (C=O) groups excluding carboxylic acids is 1. The summed E-state index contributed by atoms with van der Waals surface area (Å²) >= 11 is 0. The number of carbonyl (C=O) groups is 1. The van der Waals surface area contributed by atoms with Crippen LogP contribution in [-0.4, -0.2) is 23.8 Å². The number of benzene rings is 1. The summed E-state index contributed by atoms with van der Waals surface area (Å²) in [4.78, 5) is 11.5. The average molecular weight is 358 g/mol. The Morgan fingerprint density at radius 2 is 2.12 bits per heavy atom. The van der Waals surface area contributed by atoms with Gasteiger partial charge in [0.15, 0.2) is 0 Å². The highest BCUT2D eigenvalue weighted by atomic mass is 16.5. The SMILES string of the molecule is CCCCCc1cc(O)c2c(c1)OC(C)(CC/C=C(\C)C(=O)OC)C=C2. The van der Waals surface area contributed by atoms with Gasteiger partial charge in [-0.05, 0) is 69.4 Å². The third-order valence-electron chi connectivity index (χ3n) is 4.79. The summed E-state index contributed by atoms with van der Waals surface area (Å²) in [6.45, 7) is 5.95. The molecule has 1 N–H and O–H groups in total. The molecule has 0 aromatic heterocycles. The quantitative estimate of drug-likeness (QED) is 0.395. The van der Waals surface area contributed by atoms with Gasteiger partial charge in [0.25, 0.3) is 0 Å². The lowest BCUT2D eigenvalue weighted by molar-refractivity contribution is -0.136. The molecule has 1 aromatic carbocycles. The average Bonchev–Trinajstić information content (AvgIpc) is 2.60. The second-order valence-corrected chi connectivity index (χ2v) is 7.15. The Morgan fingerprint density at radius 1 is 1.35 bits per heavy atom. The maximum Gasteiger partial charge on any atom is 0.333 e. The van der Waals surface area contributed by atoms with Crippen LogP contribution in [0.1, 0.15) is 64.0 Å². The number of phenols is 1. The highest BCUT2D eigenvalue weighted by Crippen LogP contribution is 2.39. The molecule has 0 radical (unpaired) electrons. The molecule has 0 spiro atoms. The molecule has 1 atom stereocenters. The Morgan fingerprint density at radius 3 is 2.81 bits per heavy atom. The lowest BCUT2D eigenvalue weighted by atomic mass is 9.93. The Hall–Kier alpha value is -2.23. The van der Waals surface area contributed by atoms with Gasteiger partial charge < -0.3 is 14.6 Å². The van der Waals surface area contributed by atoms with E-state index in [1.54, 1.807) is 6.92 Å². The van der Waals surface area contributed by atoms with Gasteiger partial charge in [-0.15, -0.1) is 0 Å². The molecule has 0 bridgehead atoms. The summed E-state index contributed by atoms with van der Waals surface area (Å²) in [5.74, 6) is 0.700. The van der Waals surface area contributed by atoms with E-state index in [1.165, 1.54) is 20.0 Å². The first-order valence-corrected chi connectivity index (χ1v) is 9.37. The molecule has 0 aliphatic carbocycles. The molecule has 4 nitrogen and oxygen atoms in total. The van der Waals surface area contributed by atoms with Gasteiger partial charge in [-0.1, -0.05) is 25.8 Å². The fourth-order valence-electron chi connectivity index (χ4n) is 3.14.